The minimum absolute atomic E-state index is 0.422. The highest BCUT2D eigenvalue weighted by Gasteiger charge is 2.31. The van der Waals surface area contributed by atoms with E-state index in [1.54, 1.807) is 13.8 Å². The van der Waals surface area contributed by atoms with Crippen molar-refractivity contribution in [3.8, 4) is 0 Å². The first kappa shape index (κ1) is 34.7. The van der Waals surface area contributed by atoms with E-state index in [-0.39, 0.29) is 0 Å². The van der Waals surface area contributed by atoms with Crippen molar-refractivity contribution in [3.05, 3.63) is 0 Å². The van der Waals surface area contributed by atoms with Gasteiger partial charge in [0.25, 0.3) is 0 Å². The fourth-order valence-corrected chi connectivity index (χ4v) is 2.92. The molecule has 220 valence electrons. The third-order valence-corrected chi connectivity index (χ3v) is 5.23. The van der Waals surface area contributed by atoms with E-state index in [4.69, 9.17) is 15.9 Å². The number of hydrogen-bond donors (Lipinski definition) is 9. The second kappa shape index (κ2) is 15.9. The molecule has 0 aliphatic carbocycles. The van der Waals surface area contributed by atoms with Crippen LogP contribution in [0.1, 0.15) is 47.5 Å². The van der Waals surface area contributed by atoms with E-state index >= 15 is 0 Å². The van der Waals surface area contributed by atoms with Crippen molar-refractivity contribution >= 4 is 47.4 Å². The Morgan fingerprint density at radius 3 is 1.31 bits per heavy atom. The van der Waals surface area contributed by atoms with Crippen LogP contribution in [0.15, 0.2) is 0 Å². The SMILES string of the molecule is CC(C)[C@H](NC(=O)[C@H](C)NC(=O)[C@H](C)NC(=O)[C@H](C)NC(=O)[C@H](CC(=O)O)NC(=O)[C@@H](N)CC(=O)O)C(=O)O. The van der Waals surface area contributed by atoms with Crippen LogP contribution in [0.25, 0.3) is 0 Å². The van der Waals surface area contributed by atoms with Crippen molar-refractivity contribution in [1.29, 1.82) is 0 Å². The average Bonchev–Trinajstić information content (AvgIpc) is 2.80. The zero-order valence-corrected chi connectivity index (χ0v) is 22.1. The molecule has 17 nitrogen and oxygen atoms in total. The van der Waals surface area contributed by atoms with Crippen molar-refractivity contribution in [3.63, 3.8) is 0 Å². The lowest BCUT2D eigenvalue weighted by atomic mass is 10.0. The smallest absolute Gasteiger partial charge is 0.326 e. The van der Waals surface area contributed by atoms with Crippen LogP contribution in [0.3, 0.4) is 0 Å². The molecular formula is C22H36N6O11. The summed E-state index contributed by atoms with van der Waals surface area (Å²) >= 11 is 0. The topological polar surface area (TPSA) is 283 Å². The molecule has 0 saturated heterocycles. The van der Waals surface area contributed by atoms with Crippen molar-refractivity contribution < 1.29 is 53.7 Å². The Hall–Kier alpha value is -4.28. The average molecular weight is 561 g/mol. The molecule has 0 aromatic carbocycles. The molecule has 10 N–H and O–H groups in total. The number of carbonyl (C=O) groups is 8. The summed E-state index contributed by atoms with van der Waals surface area (Å²) in [7, 11) is 0. The number of carboxylic acids is 3. The van der Waals surface area contributed by atoms with Crippen LogP contribution in [0.5, 0.6) is 0 Å². The molecule has 17 heteroatoms. The molecule has 0 unspecified atom stereocenters. The summed E-state index contributed by atoms with van der Waals surface area (Å²) in [5.41, 5.74) is 5.41. The van der Waals surface area contributed by atoms with Crippen molar-refractivity contribution in [2.45, 2.75) is 83.7 Å². The molecule has 0 fully saturated rings. The van der Waals surface area contributed by atoms with Gasteiger partial charge in [-0.25, -0.2) is 4.79 Å². The molecule has 0 rings (SSSR count). The third kappa shape index (κ3) is 12.7. The van der Waals surface area contributed by atoms with Crippen LogP contribution in [0.4, 0.5) is 0 Å². The minimum atomic E-state index is -1.69. The fourth-order valence-electron chi connectivity index (χ4n) is 2.92. The van der Waals surface area contributed by atoms with Gasteiger partial charge in [-0.1, -0.05) is 13.8 Å². The van der Waals surface area contributed by atoms with Gasteiger partial charge in [-0.15, -0.1) is 0 Å². The zero-order valence-electron chi connectivity index (χ0n) is 22.1. The lowest BCUT2D eigenvalue weighted by Crippen LogP contribution is -2.58. The summed E-state index contributed by atoms with van der Waals surface area (Å²) in [6.45, 7) is 6.97. The quantitative estimate of drug-likeness (QED) is 0.0888. The summed E-state index contributed by atoms with van der Waals surface area (Å²) in [6.07, 6.45) is -1.67. The van der Waals surface area contributed by atoms with E-state index in [9.17, 15) is 43.5 Å². The van der Waals surface area contributed by atoms with Gasteiger partial charge in [0, 0.05) is 0 Å². The molecule has 0 heterocycles. The van der Waals surface area contributed by atoms with Gasteiger partial charge >= 0.3 is 17.9 Å². The van der Waals surface area contributed by atoms with Gasteiger partial charge in [-0.2, -0.15) is 0 Å². The molecule has 0 spiro atoms. The van der Waals surface area contributed by atoms with Crippen LogP contribution < -0.4 is 32.3 Å². The summed E-state index contributed by atoms with van der Waals surface area (Å²) in [4.78, 5) is 94.7. The van der Waals surface area contributed by atoms with Crippen molar-refractivity contribution in [1.82, 2.24) is 26.6 Å². The standard InChI is InChI=1S/C22H36N6O11/c1-8(2)16(22(38)39)28-19(35)11(5)25-17(33)9(3)24-18(34)10(4)26-21(37)13(7-15(31)32)27-20(36)12(23)6-14(29)30/h8-13,16H,6-7,23H2,1-5H3,(H,24,34)(H,25,33)(H,26,37)(H,27,36)(H,28,35)(H,29,30)(H,31,32)(H,38,39)/t9-,10-,11-,12-,13-,16-/m0/s1. The molecule has 0 aromatic heterocycles. The monoisotopic (exact) mass is 560 g/mol. The van der Waals surface area contributed by atoms with E-state index in [2.05, 4.69) is 21.3 Å². The highest BCUT2D eigenvalue weighted by molar-refractivity contribution is 5.97. The van der Waals surface area contributed by atoms with E-state index in [0.717, 1.165) is 0 Å². The molecule has 39 heavy (non-hydrogen) atoms. The summed E-state index contributed by atoms with van der Waals surface area (Å²) in [5, 5.41) is 38.0. The fraction of sp³-hybridized carbons (Fsp3) is 0.636. The highest BCUT2D eigenvalue weighted by Crippen LogP contribution is 2.03. The first-order valence-electron chi connectivity index (χ1n) is 11.8. The molecule has 0 aliphatic rings. The van der Waals surface area contributed by atoms with Gasteiger partial charge in [0.1, 0.15) is 30.2 Å². The maximum absolute atomic E-state index is 12.5. The van der Waals surface area contributed by atoms with Gasteiger partial charge in [-0.05, 0) is 26.7 Å². The molecule has 0 radical (unpaired) electrons. The molecule has 0 aliphatic heterocycles. The van der Waals surface area contributed by atoms with Crippen LogP contribution >= 0.6 is 0 Å². The maximum Gasteiger partial charge on any atom is 0.326 e. The molecule has 6 atom stereocenters. The van der Waals surface area contributed by atoms with Gasteiger partial charge in [-0.3, -0.25) is 33.6 Å². The highest BCUT2D eigenvalue weighted by atomic mass is 16.4. The van der Waals surface area contributed by atoms with E-state index in [0.29, 0.717) is 0 Å². The Labute approximate surface area is 223 Å². The third-order valence-electron chi connectivity index (χ3n) is 5.23. The second-order valence-corrected chi connectivity index (χ2v) is 9.12. The number of amides is 5. The van der Waals surface area contributed by atoms with Crippen LogP contribution in [0.2, 0.25) is 0 Å². The first-order chi connectivity index (χ1) is 17.9. The van der Waals surface area contributed by atoms with Gasteiger partial charge in [0.2, 0.25) is 29.5 Å². The Bertz CT molecular complexity index is 970. The maximum atomic E-state index is 12.5. The Balaban J connectivity index is 5.08. The molecule has 0 bridgehead atoms. The Morgan fingerprint density at radius 2 is 0.949 bits per heavy atom. The molecule has 5 amide bonds. The van der Waals surface area contributed by atoms with Crippen LogP contribution in [-0.2, 0) is 38.4 Å². The molecular weight excluding hydrogens is 524 g/mol. The number of hydrogen-bond acceptors (Lipinski definition) is 9. The van der Waals surface area contributed by atoms with E-state index in [1.165, 1.54) is 20.8 Å². The van der Waals surface area contributed by atoms with Crippen molar-refractivity contribution in [2.24, 2.45) is 11.7 Å². The van der Waals surface area contributed by atoms with Crippen LogP contribution in [0, 0.1) is 5.92 Å². The normalized spacial score (nSPS) is 15.4. The molecule has 0 saturated carbocycles. The predicted octanol–water partition coefficient (Wildman–Crippen LogP) is -3.51. The summed E-state index contributed by atoms with van der Waals surface area (Å²) in [6, 6.07) is -8.11. The van der Waals surface area contributed by atoms with Gasteiger partial charge in [0.15, 0.2) is 0 Å². The second-order valence-electron chi connectivity index (χ2n) is 9.12. The Morgan fingerprint density at radius 1 is 0.564 bits per heavy atom. The largest absolute Gasteiger partial charge is 0.481 e. The lowest BCUT2D eigenvalue weighted by molar-refractivity contribution is -0.143. The molecule has 0 aromatic rings. The predicted molar refractivity (Wildman–Crippen MR) is 132 cm³/mol. The zero-order chi connectivity index (χ0) is 30.6. The summed E-state index contributed by atoms with van der Waals surface area (Å²) in [5.74, 6) is -9.17. The number of carboxylic acid groups (broad SMARTS) is 3. The minimum Gasteiger partial charge on any atom is -0.481 e. The van der Waals surface area contributed by atoms with Gasteiger partial charge in [0.05, 0.1) is 18.9 Å². The number of rotatable bonds is 16. The van der Waals surface area contributed by atoms with Crippen molar-refractivity contribution in [2.75, 3.05) is 0 Å². The van der Waals surface area contributed by atoms with E-state index in [1.807, 2.05) is 5.32 Å². The Kier molecular flexibility index (Phi) is 14.1. The summed E-state index contributed by atoms with van der Waals surface area (Å²) < 4.78 is 0. The van der Waals surface area contributed by atoms with Crippen LogP contribution in [-0.4, -0.2) is 99.0 Å². The number of aliphatic carboxylic acids is 3. The number of carbonyl (C=O) groups excluding carboxylic acids is 5. The number of nitrogens with two attached hydrogens (primary N) is 1. The van der Waals surface area contributed by atoms with E-state index < -0.39 is 102 Å². The first-order valence-corrected chi connectivity index (χ1v) is 11.8. The van der Waals surface area contributed by atoms with Gasteiger partial charge < -0.3 is 47.6 Å². The lowest BCUT2D eigenvalue weighted by Gasteiger charge is -2.24. The number of nitrogens with one attached hydrogen (secondary N) is 5.